The van der Waals surface area contributed by atoms with Crippen LogP contribution in [-0.2, 0) is 0 Å². The van der Waals surface area contributed by atoms with Crippen molar-refractivity contribution in [2.75, 3.05) is 6.54 Å². The quantitative estimate of drug-likeness (QED) is 0.544. The Hall–Kier alpha value is -0.300. The second-order valence-corrected chi connectivity index (χ2v) is 5.65. The summed E-state index contributed by atoms with van der Waals surface area (Å²) in [5, 5.41) is 3.67. The minimum atomic E-state index is 0.782. The first-order chi connectivity index (χ1) is 7.86. The molecule has 1 nitrogen and oxygen atoms in total. The van der Waals surface area contributed by atoms with Crippen molar-refractivity contribution in [3.05, 3.63) is 11.1 Å². The highest BCUT2D eigenvalue weighted by Crippen LogP contribution is 2.27. The molecule has 1 saturated carbocycles. The highest BCUT2D eigenvalue weighted by molar-refractivity contribution is 5.14. The SMILES string of the molecule is CC(CC1CCCCN1)=C1CCCCCC1. The topological polar surface area (TPSA) is 12.0 Å². The van der Waals surface area contributed by atoms with Crippen LogP contribution in [0.4, 0.5) is 0 Å². The summed E-state index contributed by atoms with van der Waals surface area (Å²) < 4.78 is 0. The van der Waals surface area contributed by atoms with Crippen molar-refractivity contribution >= 4 is 0 Å². The molecule has 1 unspecified atom stereocenters. The molecule has 92 valence electrons. The normalized spacial score (nSPS) is 27.6. The average Bonchev–Trinajstić information content (AvgIpc) is 2.59. The minimum absolute atomic E-state index is 0.782. The van der Waals surface area contributed by atoms with E-state index in [1.54, 1.807) is 11.1 Å². The van der Waals surface area contributed by atoms with Gasteiger partial charge in [-0.25, -0.2) is 0 Å². The fourth-order valence-corrected chi connectivity index (χ4v) is 3.19. The lowest BCUT2D eigenvalue weighted by Crippen LogP contribution is -2.34. The van der Waals surface area contributed by atoms with Crippen LogP contribution in [0, 0.1) is 0 Å². The highest BCUT2D eigenvalue weighted by Gasteiger charge is 2.15. The lowest BCUT2D eigenvalue weighted by atomic mass is 9.93. The van der Waals surface area contributed by atoms with Gasteiger partial charge in [-0.3, -0.25) is 0 Å². The van der Waals surface area contributed by atoms with E-state index in [4.69, 9.17) is 0 Å². The van der Waals surface area contributed by atoms with Crippen LogP contribution in [0.5, 0.6) is 0 Å². The van der Waals surface area contributed by atoms with Crippen LogP contribution in [0.15, 0.2) is 11.1 Å². The molecular weight excluding hydrogens is 194 g/mol. The Morgan fingerprint density at radius 1 is 1.06 bits per heavy atom. The molecule has 0 aromatic heterocycles. The molecule has 0 spiro atoms. The summed E-state index contributed by atoms with van der Waals surface area (Å²) in [4.78, 5) is 0. The number of nitrogens with one attached hydrogen (secondary N) is 1. The molecule has 2 rings (SSSR count). The minimum Gasteiger partial charge on any atom is -0.314 e. The summed E-state index contributed by atoms with van der Waals surface area (Å²) in [5.74, 6) is 0. The maximum absolute atomic E-state index is 3.67. The molecule has 1 atom stereocenters. The Morgan fingerprint density at radius 3 is 2.44 bits per heavy atom. The van der Waals surface area contributed by atoms with Crippen LogP contribution < -0.4 is 5.32 Å². The van der Waals surface area contributed by atoms with E-state index in [1.807, 2.05) is 0 Å². The monoisotopic (exact) mass is 221 g/mol. The van der Waals surface area contributed by atoms with Gasteiger partial charge in [0.25, 0.3) is 0 Å². The largest absolute Gasteiger partial charge is 0.314 e. The van der Waals surface area contributed by atoms with Gasteiger partial charge < -0.3 is 5.32 Å². The molecular formula is C15H27N. The summed E-state index contributed by atoms with van der Waals surface area (Å²) in [5.41, 5.74) is 3.51. The van der Waals surface area contributed by atoms with Gasteiger partial charge in [0.15, 0.2) is 0 Å². The molecule has 0 amide bonds. The summed E-state index contributed by atoms with van der Waals surface area (Å²) in [6, 6.07) is 0.782. The van der Waals surface area contributed by atoms with Crippen LogP contribution in [0.1, 0.15) is 71.1 Å². The first kappa shape index (κ1) is 12.2. The van der Waals surface area contributed by atoms with Crippen LogP contribution in [0.25, 0.3) is 0 Å². The van der Waals surface area contributed by atoms with Crippen molar-refractivity contribution in [3.63, 3.8) is 0 Å². The zero-order valence-electron chi connectivity index (χ0n) is 10.9. The summed E-state index contributed by atoms with van der Waals surface area (Å²) in [7, 11) is 0. The van der Waals surface area contributed by atoms with Gasteiger partial charge >= 0.3 is 0 Å². The van der Waals surface area contributed by atoms with E-state index in [-0.39, 0.29) is 0 Å². The van der Waals surface area contributed by atoms with Gasteiger partial charge in [0, 0.05) is 6.04 Å². The number of allylic oxidation sites excluding steroid dienone is 1. The second kappa shape index (κ2) is 6.44. The Balaban J connectivity index is 1.88. The van der Waals surface area contributed by atoms with Gasteiger partial charge in [-0.2, -0.15) is 0 Å². The standard InChI is InChI=1S/C15H27N/c1-13(12-15-10-6-7-11-16-15)14-8-4-2-3-5-9-14/h15-16H,2-12H2,1H3. The lowest BCUT2D eigenvalue weighted by molar-refractivity contribution is 0.397. The van der Waals surface area contributed by atoms with Crippen molar-refractivity contribution in [3.8, 4) is 0 Å². The highest BCUT2D eigenvalue weighted by atomic mass is 14.9. The number of piperidine rings is 1. The lowest BCUT2D eigenvalue weighted by Gasteiger charge is -2.24. The van der Waals surface area contributed by atoms with E-state index in [0.717, 1.165) is 6.04 Å². The molecule has 1 aliphatic heterocycles. The average molecular weight is 221 g/mol. The predicted octanol–water partition coefficient (Wildman–Crippen LogP) is 4.19. The summed E-state index contributed by atoms with van der Waals surface area (Å²) in [6.45, 7) is 3.63. The molecule has 2 fully saturated rings. The van der Waals surface area contributed by atoms with E-state index in [9.17, 15) is 0 Å². The van der Waals surface area contributed by atoms with Crippen molar-refractivity contribution in [2.24, 2.45) is 0 Å². The molecule has 1 aliphatic carbocycles. The van der Waals surface area contributed by atoms with Gasteiger partial charge in [-0.1, -0.05) is 30.4 Å². The van der Waals surface area contributed by atoms with Crippen LogP contribution in [0.2, 0.25) is 0 Å². The molecule has 0 bridgehead atoms. The van der Waals surface area contributed by atoms with Crippen molar-refractivity contribution in [1.29, 1.82) is 0 Å². The molecule has 1 saturated heterocycles. The zero-order chi connectivity index (χ0) is 11.2. The number of hydrogen-bond acceptors (Lipinski definition) is 1. The maximum atomic E-state index is 3.67. The second-order valence-electron chi connectivity index (χ2n) is 5.65. The third kappa shape index (κ3) is 3.62. The van der Waals surface area contributed by atoms with Gasteiger partial charge in [0.05, 0.1) is 0 Å². The molecule has 16 heavy (non-hydrogen) atoms. The third-order valence-electron chi connectivity index (χ3n) is 4.28. The van der Waals surface area contributed by atoms with E-state index in [2.05, 4.69) is 12.2 Å². The van der Waals surface area contributed by atoms with Gasteiger partial charge in [-0.15, -0.1) is 0 Å². The van der Waals surface area contributed by atoms with Crippen molar-refractivity contribution < 1.29 is 0 Å². The van der Waals surface area contributed by atoms with Crippen LogP contribution >= 0.6 is 0 Å². The Morgan fingerprint density at radius 2 is 1.81 bits per heavy atom. The molecule has 1 heterocycles. The molecule has 0 aromatic rings. The van der Waals surface area contributed by atoms with Gasteiger partial charge in [0.1, 0.15) is 0 Å². The smallest absolute Gasteiger partial charge is 0.0104 e. The van der Waals surface area contributed by atoms with Crippen LogP contribution in [0.3, 0.4) is 0 Å². The van der Waals surface area contributed by atoms with Gasteiger partial charge in [-0.05, 0) is 58.4 Å². The first-order valence-corrected chi connectivity index (χ1v) is 7.27. The maximum Gasteiger partial charge on any atom is 0.0104 e. The summed E-state index contributed by atoms with van der Waals surface area (Å²) in [6.07, 6.45) is 14.1. The van der Waals surface area contributed by atoms with E-state index < -0.39 is 0 Å². The molecule has 0 aromatic carbocycles. The van der Waals surface area contributed by atoms with Crippen molar-refractivity contribution in [1.82, 2.24) is 5.32 Å². The first-order valence-electron chi connectivity index (χ1n) is 7.27. The van der Waals surface area contributed by atoms with E-state index >= 15 is 0 Å². The zero-order valence-corrected chi connectivity index (χ0v) is 10.9. The molecule has 1 heteroatoms. The molecule has 1 N–H and O–H groups in total. The fraction of sp³-hybridized carbons (Fsp3) is 0.867. The predicted molar refractivity (Wildman–Crippen MR) is 70.7 cm³/mol. The molecule has 2 aliphatic rings. The fourth-order valence-electron chi connectivity index (χ4n) is 3.19. The Labute approximate surface area is 101 Å². The van der Waals surface area contributed by atoms with Crippen molar-refractivity contribution in [2.45, 2.75) is 77.2 Å². The number of hydrogen-bond donors (Lipinski definition) is 1. The van der Waals surface area contributed by atoms with E-state index in [1.165, 1.54) is 70.8 Å². The Kier molecular flexibility index (Phi) is 4.90. The van der Waals surface area contributed by atoms with Crippen LogP contribution in [-0.4, -0.2) is 12.6 Å². The van der Waals surface area contributed by atoms with E-state index in [0.29, 0.717) is 0 Å². The molecule has 0 radical (unpaired) electrons. The third-order valence-corrected chi connectivity index (χ3v) is 4.28. The van der Waals surface area contributed by atoms with Gasteiger partial charge in [0.2, 0.25) is 0 Å². The summed E-state index contributed by atoms with van der Waals surface area (Å²) >= 11 is 0. The number of rotatable bonds is 2. The Bertz CT molecular complexity index is 226.